The average Bonchev–Trinajstić information content (AvgIpc) is 2.91. The van der Waals surface area contributed by atoms with Crippen molar-refractivity contribution in [2.24, 2.45) is 0 Å². The molecule has 0 unspecified atom stereocenters. The van der Waals surface area contributed by atoms with Gasteiger partial charge in [-0.05, 0) is 43.3 Å². The second-order valence-electron chi connectivity index (χ2n) is 4.03. The van der Waals surface area contributed by atoms with E-state index in [4.69, 9.17) is 4.42 Å². The number of hydrogen-bond donors (Lipinski definition) is 1. The highest BCUT2D eigenvalue weighted by molar-refractivity contribution is 9.10. The molecule has 0 saturated carbocycles. The molecule has 19 heavy (non-hydrogen) atoms. The van der Waals surface area contributed by atoms with Gasteiger partial charge in [-0.25, -0.2) is 4.79 Å². The molecular weight excluding hydrogens is 308 g/mol. The summed E-state index contributed by atoms with van der Waals surface area (Å²) in [4.78, 5) is 13.8. The second kappa shape index (κ2) is 6.43. The monoisotopic (exact) mass is 322 g/mol. The van der Waals surface area contributed by atoms with Crippen LogP contribution in [-0.2, 0) is 6.54 Å². The van der Waals surface area contributed by atoms with Gasteiger partial charge in [-0.2, -0.15) is 0 Å². The Morgan fingerprint density at radius 3 is 2.63 bits per heavy atom. The first kappa shape index (κ1) is 13.7. The molecule has 4 nitrogen and oxygen atoms in total. The maximum atomic E-state index is 12.1. The van der Waals surface area contributed by atoms with Crippen LogP contribution in [0.3, 0.4) is 0 Å². The van der Waals surface area contributed by atoms with Gasteiger partial charge < -0.3 is 14.6 Å². The minimum atomic E-state index is -0.138. The fourth-order valence-corrected chi connectivity index (χ4v) is 1.92. The van der Waals surface area contributed by atoms with Crippen molar-refractivity contribution in [1.29, 1.82) is 0 Å². The molecule has 1 heterocycles. The average molecular weight is 323 g/mol. The summed E-state index contributed by atoms with van der Waals surface area (Å²) in [6, 6.07) is 11.0. The predicted molar refractivity (Wildman–Crippen MR) is 78.0 cm³/mol. The molecule has 0 aliphatic carbocycles. The van der Waals surface area contributed by atoms with Gasteiger partial charge >= 0.3 is 6.03 Å². The maximum Gasteiger partial charge on any atom is 0.322 e. The van der Waals surface area contributed by atoms with E-state index >= 15 is 0 Å². The maximum absolute atomic E-state index is 12.1. The third kappa shape index (κ3) is 3.86. The van der Waals surface area contributed by atoms with Gasteiger partial charge in [0, 0.05) is 16.7 Å². The fraction of sp³-hybridized carbons (Fsp3) is 0.214. The third-order valence-electron chi connectivity index (χ3n) is 2.69. The molecule has 2 rings (SSSR count). The zero-order valence-corrected chi connectivity index (χ0v) is 12.2. The first-order valence-electron chi connectivity index (χ1n) is 6.03. The lowest BCUT2D eigenvalue weighted by Gasteiger charge is -2.20. The molecule has 0 saturated heterocycles. The number of amides is 2. The Kier molecular flexibility index (Phi) is 4.63. The van der Waals surface area contributed by atoms with Crippen LogP contribution in [0.2, 0.25) is 0 Å². The number of nitrogens with one attached hydrogen (secondary N) is 1. The Morgan fingerprint density at radius 1 is 1.32 bits per heavy atom. The van der Waals surface area contributed by atoms with Gasteiger partial charge in [0.2, 0.25) is 0 Å². The fourth-order valence-electron chi connectivity index (χ4n) is 1.65. The lowest BCUT2D eigenvalue weighted by molar-refractivity contribution is 0.207. The lowest BCUT2D eigenvalue weighted by Crippen LogP contribution is -2.34. The van der Waals surface area contributed by atoms with E-state index in [1.54, 1.807) is 11.2 Å². The molecule has 1 N–H and O–H groups in total. The molecule has 5 heteroatoms. The van der Waals surface area contributed by atoms with Crippen molar-refractivity contribution < 1.29 is 9.21 Å². The van der Waals surface area contributed by atoms with Crippen molar-refractivity contribution in [2.75, 3.05) is 11.9 Å². The van der Waals surface area contributed by atoms with Gasteiger partial charge in [-0.3, -0.25) is 0 Å². The molecule has 1 aromatic carbocycles. The van der Waals surface area contributed by atoms with E-state index in [0.717, 1.165) is 15.9 Å². The van der Waals surface area contributed by atoms with E-state index in [0.29, 0.717) is 13.1 Å². The highest BCUT2D eigenvalue weighted by atomic mass is 79.9. The minimum absolute atomic E-state index is 0.138. The van der Waals surface area contributed by atoms with Crippen LogP contribution in [-0.4, -0.2) is 17.5 Å². The van der Waals surface area contributed by atoms with Crippen LogP contribution in [0, 0.1) is 0 Å². The summed E-state index contributed by atoms with van der Waals surface area (Å²) in [5.74, 6) is 0.771. The molecule has 0 spiro atoms. The Bertz CT molecular complexity index is 523. The van der Waals surface area contributed by atoms with Gasteiger partial charge in [-0.15, -0.1) is 0 Å². The quantitative estimate of drug-likeness (QED) is 0.921. The third-order valence-corrected chi connectivity index (χ3v) is 3.22. The number of halogens is 1. The summed E-state index contributed by atoms with van der Waals surface area (Å²) in [6.45, 7) is 3.01. The number of anilines is 1. The number of carbonyl (C=O) groups is 1. The molecule has 1 aromatic heterocycles. The van der Waals surface area contributed by atoms with E-state index in [-0.39, 0.29) is 6.03 Å². The van der Waals surface area contributed by atoms with E-state index < -0.39 is 0 Å². The minimum Gasteiger partial charge on any atom is -0.467 e. The van der Waals surface area contributed by atoms with Crippen molar-refractivity contribution >= 4 is 27.6 Å². The van der Waals surface area contributed by atoms with Gasteiger partial charge in [0.05, 0.1) is 12.8 Å². The van der Waals surface area contributed by atoms with E-state index in [2.05, 4.69) is 21.2 Å². The molecule has 0 aliphatic rings. The zero-order chi connectivity index (χ0) is 13.7. The summed E-state index contributed by atoms with van der Waals surface area (Å²) in [6.07, 6.45) is 1.61. The van der Waals surface area contributed by atoms with Crippen LogP contribution in [0.15, 0.2) is 51.6 Å². The highest BCUT2D eigenvalue weighted by Gasteiger charge is 2.13. The van der Waals surface area contributed by atoms with Crippen molar-refractivity contribution in [3.63, 3.8) is 0 Å². The van der Waals surface area contributed by atoms with Crippen LogP contribution in [0.5, 0.6) is 0 Å². The van der Waals surface area contributed by atoms with Gasteiger partial charge in [-0.1, -0.05) is 15.9 Å². The molecule has 0 atom stereocenters. The molecular formula is C14H15BrN2O2. The van der Waals surface area contributed by atoms with Crippen LogP contribution in [0.4, 0.5) is 10.5 Å². The molecule has 0 radical (unpaired) electrons. The molecule has 0 bridgehead atoms. The highest BCUT2D eigenvalue weighted by Crippen LogP contribution is 2.15. The van der Waals surface area contributed by atoms with Crippen LogP contribution in [0.25, 0.3) is 0 Å². The molecule has 0 fully saturated rings. The standard InChI is InChI=1S/C14H15BrN2O2/c1-2-17(10-13-4-3-9-19-13)14(18)16-12-7-5-11(15)6-8-12/h3-9H,2,10H2,1H3,(H,16,18). The number of urea groups is 1. The second-order valence-corrected chi connectivity index (χ2v) is 4.95. The largest absolute Gasteiger partial charge is 0.467 e. The Balaban J connectivity index is 1.98. The number of benzene rings is 1. The summed E-state index contributed by atoms with van der Waals surface area (Å²) in [5, 5.41) is 2.86. The van der Waals surface area contributed by atoms with Crippen molar-refractivity contribution in [3.8, 4) is 0 Å². The lowest BCUT2D eigenvalue weighted by atomic mass is 10.3. The number of rotatable bonds is 4. The topological polar surface area (TPSA) is 45.5 Å². The Morgan fingerprint density at radius 2 is 2.05 bits per heavy atom. The van der Waals surface area contributed by atoms with Crippen molar-refractivity contribution in [1.82, 2.24) is 4.90 Å². The van der Waals surface area contributed by atoms with Gasteiger partial charge in [0.15, 0.2) is 0 Å². The van der Waals surface area contributed by atoms with Crippen LogP contribution in [0.1, 0.15) is 12.7 Å². The molecule has 0 aliphatic heterocycles. The van der Waals surface area contributed by atoms with Crippen LogP contribution >= 0.6 is 15.9 Å². The summed E-state index contributed by atoms with van der Waals surface area (Å²) < 4.78 is 6.23. The van der Waals surface area contributed by atoms with E-state index in [9.17, 15) is 4.79 Å². The van der Waals surface area contributed by atoms with Crippen LogP contribution < -0.4 is 5.32 Å². The van der Waals surface area contributed by atoms with Gasteiger partial charge in [0.25, 0.3) is 0 Å². The number of hydrogen-bond acceptors (Lipinski definition) is 2. The predicted octanol–water partition coefficient (Wildman–Crippen LogP) is 4.10. The zero-order valence-electron chi connectivity index (χ0n) is 10.6. The van der Waals surface area contributed by atoms with E-state index in [1.165, 1.54) is 0 Å². The SMILES string of the molecule is CCN(Cc1ccco1)C(=O)Nc1ccc(Br)cc1. The summed E-state index contributed by atoms with van der Waals surface area (Å²) in [7, 11) is 0. The summed E-state index contributed by atoms with van der Waals surface area (Å²) in [5.41, 5.74) is 0.770. The Hall–Kier alpha value is -1.75. The van der Waals surface area contributed by atoms with E-state index in [1.807, 2.05) is 43.3 Å². The number of carbonyl (C=O) groups excluding carboxylic acids is 1. The van der Waals surface area contributed by atoms with Crippen molar-refractivity contribution in [3.05, 3.63) is 52.9 Å². The number of furan rings is 1. The van der Waals surface area contributed by atoms with Crippen molar-refractivity contribution in [2.45, 2.75) is 13.5 Å². The smallest absolute Gasteiger partial charge is 0.322 e. The van der Waals surface area contributed by atoms with Gasteiger partial charge in [0.1, 0.15) is 5.76 Å². The first-order chi connectivity index (χ1) is 9.19. The molecule has 100 valence electrons. The number of nitrogens with zero attached hydrogens (tertiary/aromatic N) is 1. The normalized spacial score (nSPS) is 10.2. The molecule has 2 aromatic rings. The Labute approximate surface area is 120 Å². The summed E-state index contributed by atoms with van der Waals surface area (Å²) >= 11 is 3.36. The first-order valence-corrected chi connectivity index (χ1v) is 6.82. The molecule has 2 amide bonds.